The standard InChI is InChI=1S/C16H20FNO2/c1-10(8-11-4-2-3-5-14(11)17)18-12-6-7-15(18)13(9-12)16(19)20/h2-5,10,12-13,15H,6-9H2,1H3,(H,19,20). The maximum absolute atomic E-state index is 13.7. The van der Waals surface area contributed by atoms with Crippen LogP contribution in [0.15, 0.2) is 24.3 Å². The number of carboxylic acids is 1. The largest absolute Gasteiger partial charge is 0.481 e. The van der Waals surface area contributed by atoms with Gasteiger partial charge in [0.05, 0.1) is 5.92 Å². The summed E-state index contributed by atoms with van der Waals surface area (Å²) in [6, 6.07) is 7.54. The lowest BCUT2D eigenvalue weighted by molar-refractivity contribution is -0.142. The Morgan fingerprint density at radius 2 is 2.20 bits per heavy atom. The van der Waals surface area contributed by atoms with Crippen molar-refractivity contribution >= 4 is 5.97 Å². The topological polar surface area (TPSA) is 40.5 Å². The van der Waals surface area contributed by atoms with E-state index in [4.69, 9.17) is 0 Å². The average Bonchev–Trinajstić information content (AvgIpc) is 2.99. The summed E-state index contributed by atoms with van der Waals surface area (Å²) in [5, 5.41) is 9.28. The zero-order chi connectivity index (χ0) is 14.3. The second-order valence-electron chi connectivity index (χ2n) is 6.07. The van der Waals surface area contributed by atoms with Gasteiger partial charge in [0.25, 0.3) is 0 Å². The van der Waals surface area contributed by atoms with Crippen molar-refractivity contribution in [3.05, 3.63) is 35.6 Å². The molecule has 108 valence electrons. The molecular weight excluding hydrogens is 257 g/mol. The maximum Gasteiger partial charge on any atom is 0.308 e. The fourth-order valence-electron chi connectivity index (χ4n) is 4.07. The third-order valence-electron chi connectivity index (χ3n) is 4.89. The van der Waals surface area contributed by atoms with E-state index in [-0.39, 0.29) is 23.8 Å². The predicted octanol–water partition coefficient (Wildman–Crippen LogP) is 2.69. The fourth-order valence-corrected chi connectivity index (χ4v) is 4.07. The maximum atomic E-state index is 13.7. The van der Waals surface area contributed by atoms with Gasteiger partial charge in [0.1, 0.15) is 5.82 Å². The van der Waals surface area contributed by atoms with Crippen LogP contribution in [0.4, 0.5) is 4.39 Å². The molecular formula is C16H20FNO2. The van der Waals surface area contributed by atoms with Gasteiger partial charge in [0.2, 0.25) is 0 Å². The first-order valence-electron chi connectivity index (χ1n) is 7.31. The molecule has 2 bridgehead atoms. The van der Waals surface area contributed by atoms with Gasteiger partial charge in [-0.1, -0.05) is 18.2 Å². The minimum Gasteiger partial charge on any atom is -0.481 e. The number of carbonyl (C=O) groups is 1. The lowest BCUT2D eigenvalue weighted by Gasteiger charge is -2.30. The summed E-state index contributed by atoms with van der Waals surface area (Å²) in [5.41, 5.74) is 0.721. The van der Waals surface area contributed by atoms with Crippen LogP contribution in [0, 0.1) is 11.7 Å². The molecule has 1 aromatic carbocycles. The first kappa shape index (κ1) is 13.6. The Hall–Kier alpha value is -1.42. The molecule has 2 heterocycles. The molecule has 0 aliphatic carbocycles. The Balaban J connectivity index is 1.74. The van der Waals surface area contributed by atoms with E-state index in [1.807, 2.05) is 12.1 Å². The van der Waals surface area contributed by atoms with Crippen molar-refractivity contribution in [2.24, 2.45) is 5.92 Å². The van der Waals surface area contributed by atoms with Crippen LogP contribution in [0.25, 0.3) is 0 Å². The van der Waals surface area contributed by atoms with E-state index in [1.165, 1.54) is 6.07 Å². The second kappa shape index (κ2) is 5.17. The van der Waals surface area contributed by atoms with Crippen LogP contribution in [0.5, 0.6) is 0 Å². The van der Waals surface area contributed by atoms with Crippen molar-refractivity contribution in [2.75, 3.05) is 0 Å². The van der Waals surface area contributed by atoms with Gasteiger partial charge in [0.15, 0.2) is 0 Å². The summed E-state index contributed by atoms with van der Waals surface area (Å²) >= 11 is 0. The zero-order valence-corrected chi connectivity index (χ0v) is 11.6. The van der Waals surface area contributed by atoms with Crippen molar-refractivity contribution < 1.29 is 14.3 Å². The van der Waals surface area contributed by atoms with Gasteiger partial charge in [-0.15, -0.1) is 0 Å². The van der Waals surface area contributed by atoms with Crippen molar-refractivity contribution in [3.63, 3.8) is 0 Å². The minimum atomic E-state index is -0.680. The molecule has 0 radical (unpaired) electrons. The van der Waals surface area contributed by atoms with Crippen LogP contribution >= 0.6 is 0 Å². The molecule has 2 aliphatic heterocycles. The van der Waals surface area contributed by atoms with E-state index in [0.717, 1.165) is 24.8 Å². The van der Waals surface area contributed by atoms with E-state index in [2.05, 4.69) is 11.8 Å². The molecule has 1 aromatic rings. The molecule has 2 fully saturated rings. The predicted molar refractivity (Wildman–Crippen MR) is 74.0 cm³/mol. The Kier molecular flexibility index (Phi) is 3.50. The highest BCUT2D eigenvalue weighted by atomic mass is 19.1. The van der Waals surface area contributed by atoms with Crippen LogP contribution in [-0.2, 0) is 11.2 Å². The minimum absolute atomic E-state index is 0.138. The molecule has 0 aromatic heterocycles. The van der Waals surface area contributed by atoms with Crippen molar-refractivity contribution in [1.29, 1.82) is 0 Å². The number of rotatable bonds is 4. The molecule has 20 heavy (non-hydrogen) atoms. The number of nitrogens with zero attached hydrogens (tertiary/aromatic N) is 1. The van der Waals surface area contributed by atoms with Crippen LogP contribution in [0.1, 0.15) is 31.7 Å². The van der Waals surface area contributed by atoms with Gasteiger partial charge in [0, 0.05) is 18.1 Å². The Labute approximate surface area is 118 Å². The first-order valence-corrected chi connectivity index (χ1v) is 7.31. The summed E-state index contributed by atoms with van der Waals surface area (Å²) in [5.74, 6) is -1.09. The number of fused-ring (bicyclic) bond motifs is 2. The van der Waals surface area contributed by atoms with Crippen LogP contribution < -0.4 is 0 Å². The van der Waals surface area contributed by atoms with Gasteiger partial charge in [-0.2, -0.15) is 0 Å². The van der Waals surface area contributed by atoms with Crippen molar-refractivity contribution in [1.82, 2.24) is 4.90 Å². The fraction of sp³-hybridized carbons (Fsp3) is 0.562. The third kappa shape index (κ3) is 2.22. The Bertz CT molecular complexity index is 519. The van der Waals surface area contributed by atoms with Crippen LogP contribution in [0.3, 0.4) is 0 Å². The van der Waals surface area contributed by atoms with Gasteiger partial charge >= 0.3 is 5.97 Å². The smallest absolute Gasteiger partial charge is 0.308 e. The van der Waals surface area contributed by atoms with Crippen LogP contribution in [0.2, 0.25) is 0 Å². The summed E-state index contributed by atoms with van der Waals surface area (Å²) in [6.07, 6.45) is 3.44. The SMILES string of the molecule is CC(Cc1ccccc1F)N1C2CCC1C(C(=O)O)C2. The highest BCUT2D eigenvalue weighted by molar-refractivity contribution is 5.71. The number of carboxylic acid groups (broad SMARTS) is 1. The molecule has 0 amide bonds. The third-order valence-corrected chi connectivity index (χ3v) is 4.89. The quantitative estimate of drug-likeness (QED) is 0.920. The first-order chi connectivity index (χ1) is 9.58. The lowest BCUT2D eigenvalue weighted by Crippen LogP contribution is -2.40. The zero-order valence-electron chi connectivity index (χ0n) is 11.6. The summed E-state index contributed by atoms with van der Waals surface area (Å²) in [7, 11) is 0. The van der Waals surface area contributed by atoms with E-state index in [0.29, 0.717) is 12.5 Å². The van der Waals surface area contributed by atoms with E-state index >= 15 is 0 Å². The normalized spacial score (nSPS) is 30.6. The Morgan fingerprint density at radius 1 is 1.45 bits per heavy atom. The molecule has 2 saturated heterocycles. The highest BCUT2D eigenvalue weighted by Crippen LogP contribution is 2.43. The van der Waals surface area contributed by atoms with Gasteiger partial charge in [-0.25, -0.2) is 4.39 Å². The molecule has 4 unspecified atom stereocenters. The van der Waals surface area contributed by atoms with Gasteiger partial charge < -0.3 is 5.11 Å². The molecule has 0 spiro atoms. The molecule has 2 aliphatic rings. The highest BCUT2D eigenvalue weighted by Gasteiger charge is 2.50. The molecule has 4 atom stereocenters. The van der Waals surface area contributed by atoms with E-state index in [1.54, 1.807) is 6.07 Å². The average molecular weight is 277 g/mol. The number of hydrogen-bond donors (Lipinski definition) is 1. The summed E-state index contributed by atoms with van der Waals surface area (Å²) in [6.45, 7) is 2.09. The lowest BCUT2D eigenvalue weighted by atomic mass is 9.89. The van der Waals surface area contributed by atoms with Crippen molar-refractivity contribution in [2.45, 2.75) is 50.7 Å². The van der Waals surface area contributed by atoms with E-state index in [9.17, 15) is 14.3 Å². The van der Waals surface area contributed by atoms with Gasteiger partial charge in [-0.05, 0) is 44.2 Å². The molecule has 3 nitrogen and oxygen atoms in total. The summed E-state index contributed by atoms with van der Waals surface area (Å²) in [4.78, 5) is 13.6. The second-order valence-corrected chi connectivity index (χ2v) is 6.07. The molecule has 0 saturated carbocycles. The monoisotopic (exact) mass is 277 g/mol. The van der Waals surface area contributed by atoms with Crippen molar-refractivity contribution in [3.8, 4) is 0 Å². The molecule has 4 heteroatoms. The number of hydrogen-bond acceptors (Lipinski definition) is 2. The van der Waals surface area contributed by atoms with Crippen LogP contribution in [-0.4, -0.2) is 34.1 Å². The number of aliphatic carboxylic acids is 1. The number of halogens is 1. The Morgan fingerprint density at radius 3 is 2.85 bits per heavy atom. The van der Waals surface area contributed by atoms with Gasteiger partial charge in [-0.3, -0.25) is 9.69 Å². The molecule has 1 N–H and O–H groups in total. The molecule has 3 rings (SSSR count). The van der Waals surface area contributed by atoms with E-state index < -0.39 is 5.97 Å². The summed E-state index contributed by atoms with van der Waals surface area (Å²) < 4.78 is 13.7. The number of benzene rings is 1.